The van der Waals surface area contributed by atoms with E-state index in [2.05, 4.69) is 0 Å². The molecule has 0 saturated heterocycles. The van der Waals surface area contributed by atoms with Crippen LogP contribution in [0.15, 0.2) is 36.4 Å². The number of hydrogen-bond acceptors (Lipinski definition) is 6. The van der Waals surface area contributed by atoms with E-state index >= 15 is 0 Å². The van der Waals surface area contributed by atoms with Gasteiger partial charge in [0.2, 0.25) is 0 Å². The molecule has 108 valence electrons. The van der Waals surface area contributed by atoms with Gasteiger partial charge in [0, 0.05) is 41.8 Å². The minimum Gasteiger partial charge on any atom is -0.508 e. The van der Waals surface area contributed by atoms with Gasteiger partial charge in [-0.2, -0.15) is 0 Å². The predicted octanol–water partition coefficient (Wildman–Crippen LogP) is 2.51. The number of phenols is 2. The van der Waals surface area contributed by atoms with Crippen LogP contribution < -0.4 is 0 Å². The van der Waals surface area contributed by atoms with Gasteiger partial charge >= 0.3 is 0 Å². The van der Waals surface area contributed by atoms with Crippen LogP contribution in [0.1, 0.15) is 11.1 Å². The maximum atomic E-state index is 10.7. The molecule has 0 aromatic heterocycles. The average Bonchev–Trinajstić information content (AvgIpc) is 2.43. The zero-order valence-corrected chi connectivity index (χ0v) is 10.6. The molecule has 0 aliphatic rings. The number of benzene rings is 2. The third-order valence-electron chi connectivity index (χ3n) is 2.93. The highest BCUT2D eigenvalue weighted by molar-refractivity contribution is 5.49. The summed E-state index contributed by atoms with van der Waals surface area (Å²) in [6.45, 7) is 0. The van der Waals surface area contributed by atoms with Gasteiger partial charge in [-0.1, -0.05) is 0 Å². The van der Waals surface area contributed by atoms with E-state index in [0.29, 0.717) is 0 Å². The number of non-ortho nitro benzene ring substituents is 2. The second kappa shape index (κ2) is 5.45. The van der Waals surface area contributed by atoms with Gasteiger partial charge in [-0.05, 0) is 12.1 Å². The summed E-state index contributed by atoms with van der Waals surface area (Å²) in [5.74, 6) is -0.377. The molecule has 0 fully saturated rings. The molecule has 0 aliphatic carbocycles. The molecule has 0 bridgehead atoms. The van der Waals surface area contributed by atoms with Gasteiger partial charge in [0.05, 0.1) is 9.85 Å². The Bertz CT molecular complexity index is 667. The van der Waals surface area contributed by atoms with Gasteiger partial charge in [-0.15, -0.1) is 0 Å². The van der Waals surface area contributed by atoms with Crippen molar-refractivity contribution in [2.24, 2.45) is 0 Å². The predicted molar refractivity (Wildman–Crippen MR) is 72.3 cm³/mol. The summed E-state index contributed by atoms with van der Waals surface area (Å²) in [7, 11) is 0. The van der Waals surface area contributed by atoms with Crippen LogP contribution in [0.4, 0.5) is 11.4 Å². The van der Waals surface area contributed by atoms with Crippen molar-refractivity contribution in [2.75, 3.05) is 0 Å². The number of hydrogen-bond donors (Lipinski definition) is 2. The van der Waals surface area contributed by atoms with Gasteiger partial charge < -0.3 is 10.2 Å². The summed E-state index contributed by atoms with van der Waals surface area (Å²) in [4.78, 5) is 20.2. The number of rotatable bonds is 4. The maximum absolute atomic E-state index is 10.7. The maximum Gasteiger partial charge on any atom is 0.269 e. The Hall–Kier alpha value is -3.16. The normalized spacial score (nSPS) is 10.3. The molecule has 0 unspecified atom stereocenters. The van der Waals surface area contributed by atoms with Crippen LogP contribution in [0.5, 0.6) is 11.5 Å². The first kappa shape index (κ1) is 14.3. The van der Waals surface area contributed by atoms with Crippen LogP contribution >= 0.6 is 0 Å². The van der Waals surface area contributed by atoms with E-state index < -0.39 is 9.85 Å². The molecule has 0 amide bonds. The van der Waals surface area contributed by atoms with E-state index in [1.807, 2.05) is 0 Å². The third kappa shape index (κ3) is 3.06. The summed E-state index contributed by atoms with van der Waals surface area (Å²) in [5.41, 5.74) is -0.0413. The zero-order valence-electron chi connectivity index (χ0n) is 10.6. The minimum absolute atomic E-state index is 0.0684. The lowest BCUT2D eigenvalue weighted by Crippen LogP contribution is -1.95. The second-order valence-corrected chi connectivity index (χ2v) is 4.32. The van der Waals surface area contributed by atoms with Crippen molar-refractivity contribution >= 4 is 11.4 Å². The van der Waals surface area contributed by atoms with E-state index in [9.17, 15) is 30.4 Å². The van der Waals surface area contributed by atoms with Crippen molar-refractivity contribution < 1.29 is 20.1 Å². The van der Waals surface area contributed by atoms with Gasteiger partial charge in [-0.3, -0.25) is 20.2 Å². The van der Waals surface area contributed by atoms with E-state index in [-0.39, 0.29) is 40.4 Å². The molecule has 8 nitrogen and oxygen atoms in total. The summed E-state index contributed by atoms with van der Waals surface area (Å²) in [6.07, 6.45) is -0.0684. The van der Waals surface area contributed by atoms with Gasteiger partial charge in [0.25, 0.3) is 11.4 Å². The lowest BCUT2D eigenvalue weighted by atomic mass is 10.0. The van der Waals surface area contributed by atoms with Crippen LogP contribution in [-0.4, -0.2) is 20.1 Å². The molecule has 0 aliphatic heterocycles. The molecule has 0 radical (unpaired) electrons. The Morgan fingerprint density at radius 2 is 1.19 bits per heavy atom. The topological polar surface area (TPSA) is 127 Å². The number of nitro benzene ring substituents is 2. The van der Waals surface area contributed by atoms with Crippen molar-refractivity contribution in [2.45, 2.75) is 6.42 Å². The first-order valence-corrected chi connectivity index (χ1v) is 5.81. The van der Waals surface area contributed by atoms with Crippen molar-refractivity contribution in [3.05, 3.63) is 67.8 Å². The Morgan fingerprint density at radius 3 is 1.52 bits per heavy atom. The fourth-order valence-electron chi connectivity index (χ4n) is 1.86. The molecule has 0 spiro atoms. The lowest BCUT2D eigenvalue weighted by molar-refractivity contribution is -0.385. The highest BCUT2D eigenvalue weighted by atomic mass is 16.6. The Kier molecular flexibility index (Phi) is 3.70. The Morgan fingerprint density at radius 1 is 0.810 bits per heavy atom. The summed E-state index contributed by atoms with van der Waals surface area (Å²) in [6, 6.07) is 6.95. The molecule has 2 rings (SSSR count). The Labute approximate surface area is 118 Å². The van der Waals surface area contributed by atoms with Crippen molar-refractivity contribution in [1.82, 2.24) is 0 Å². The van der Waals surface area contributed by atoms with Crippen LogP contribution in [0, 0.1) is 20.2 Å². The van der Waals surface area contributed by atoms with Crippen LogP contribution in [0.25, 0.3) is 0 Å². The van der Waals surface area contributed by atoms with Crippen molar-refractivity contribution in [1.29, 1.82) is 0 Å². The number of aromatic hydroxyl groups is 2. The minimum atomic E-state index is -0.615. The fourth-order valence-corrected chi connectivity index (χ4v) is 1.86. The number of nitrogens with zero attached hydrogens (tertiary/aromatic N) is 2. The fraction of sp³-hybridized carbons (Fsp3) is 0.0769. The quantitative estimate of drug-likeness (QED) is 0.657. The van der Waals surface area contributed by atoms with E-state index in [4.69, 9.17) is 0 Å². The van der Waals surface area contributed by atoms with Crippen molar-refractivity contribution in [3.63, 3.8) is 0 Å². The molecular weight excluding hydrogens is 280 g/mol. The zero-order chi connectivity index (χ0) is 15.6. The lowest BCUT2D eigenvalue weighted by Gasteiger charge is -2.07. The smallest absolute Gasteiger partial charge is 0.269 e. The van der Waals surface area contributed by atoms with Gasteiger partial charge in [0.15, 0.2) is 0 Å². The van der Waals surface area contributed by atoms with E-state index in [1.54, 1.807) is 0 Å². The summed E-state index contributed by atoms with van der Waals surface area (Å²) >= 11 is 0. The molecule has 21 heavy (non-hydrogen) atoms. The van der Waals surface area contributed by atoms with Crippen molar-refractivity contribution in [3.8, 4) is 11.5 Å². The highest BCUT2D eigenvalue weighted by Crippen LogP contribution is 2.30. The molecule has 0 atom stereocenters. The Balaban J connectivity index is 2.42. The monoisotopic (exact) mass is 290 g/mol. The average molecular weight is 290 g/mol. The molecule has 8 heteroatoms. The standard InChI is InChI=1S/C13H10N2O6/c16-12-3-1-10(14(18)19)6-8(12)5-9-7-11(15(20)21)2-4-13(9)17/h1-4,6-7,16-17H,5H2. The van der Waals surface area contributed by atoms with Crippen LogP contribution in [0.2, 0.25) is 0 Å². The molecule has 2 N–H and O–H groups in total. The first-order chi connectivity index (χ1) is 9.88. The SMILES string of the molecule is O=[N+]([O-])c1ccc(O)c(Cc2cc([N+](=O)[O-])ccc2O)c1. The van der Waals surface area contributed by atoms with Crippen LogP contribution in [0.3, 0.4) is 0 Å². The second-order valence-electron chi connectivity index (χ2n) is 4.32. The number of phenolic OH excluding ortho intramolecular Hbond substituents is 2. The number of nitro groups is 2. The molecule has 2 aromatic rings. The third-order valence-corrected chi connectivity index (χ3v) is 2.93. The summed E-state index contributed by atoms with van der Waals surface area (Å²) < 4.78 is 0. The molecule has 0 heterocycles. The van der Waals surface area contributed by atoms with E-state index in [1.165, 1.54) is 12.1 Å². The largest absolute Gasteiger partial charge is 0.508 e. The molecule has 2 aromatic carbocycles. The van der Waals surface area contributed by atoms with E-state index in [0.717, 1.165) is 24.3 Å². The summed E-state index contributed by atoms with van der Waals surface area (Å²) in [5, 5.41) is 40.8. The highest BCUT2D eigenvalue weighted by Gasteiger charge is 2.15. The van der Waals surface area contributed by atoms with Gasteiger partial charge in [0.1, 0.15) is 11.5 Å². The van der Waals surface area contributed by atoms with Crippen LogP contribution in [-0.2, 0) is 6.42 Å². The first-order valence-electron chi connectivity index (χ1n) is 5.81. The molecular formula is C13H10N2O6. The van der Waals surface area contributed by atoms with Gasteiger partial charge in [-0.25, -0.2) is 0 Å². The molecule has 0 saturated carbocycles.